The number of carbonyl (C=O) groups is 2. The van der Waals surface area contributed by atoms with Gasteiger partial charge in [0, 0.05) is 12.8 Å². The Morgan fingerprint density at radius 1 is 0.337 bits per heavy atom. The molecular formula is C82H138NO8P. The molecule has 0 saturated heterocycles. The predicted octanol–water partition coefficient (Wildman–Crippen LogP) is 24.1. The quantitative estimate of drug-likeness (QED) is 0.0195. The molecule has 0 spiro atoms. The number of unbranched alkanes of at least 4 members (excludes halogenated alkanes) is 27. The molecule has 10 heteroatoms. The topological polar surface area (TPSA) is 111 Å². The summed E-state index contributed by atoms with van der Waals surface area (Å²) in [6, 6.07) is 0. The highest BCUT2D eigenvalue weighted by Crippen LogP contribution is 2.38. The van der Waals surface area contributed by atoms with E-state index in [-0.39, 0.29) is 32.0 Å². The largest absolute Gasteiger partial charge is 0.756 e. The Balaban J connectivity index is 4.06. The van der Waals surface area contributed by atoms with Gasteiger partial charge in [0.05, 0.1) is 27.7 Å². The van der Waals surface area contributed by atoms with Gasteiger partial charge in [-0.1, -0.05) is 320 Å². The van der Waals surface area contributed by atoms with Gasteiger partial charge < -0.3 is 27.9 Å². The molecule has 0 aromatic heterocycles. The van der Waals surface area contributed by atoms with E-state index in [1.54, 1.807) is 0 Å². The van der Waals surface area contributed by atoms with Crippen LogP contribution >= 0.6 is 7.82 Å². The van der Waals surface area contributed by atoms with Gasteiger partial charge in [-0.15, -0.1) is 0 Å². The number of esters is 2. The Bertz CT molecular complexity index is 2110. The summed E-state index contributed by atoms with van der Waals surface area (Å²) in [5.74, 6) is -0.836. The Labute approximate surface area is 566 Å². The molecular weight excluding hydrogens is 1160 g/mol. The summed E-state index contributed by atoms with van der Waals surface area (Å²) in [6.45, 7) is 4.02. The Hall–Kier alpha value is -4.37. The van der Waals surface area contributed by atoms with Crippen molar-refractivity contribution < 1.29 is 42.1 Å². The molecule has 0 saturated carbocycles. The van der Waals surface area contributed by atoms with Gasteiger partial charge in [0.25, 0.3) is 7.82 Å². The standard InChI is InChI=1S/C82H138NO8P/c1-6-8-10-12-14-16-18-20-22-24-26-28-30-32-34-36-38-39-40-41-42-43-45-47-49-51-53-55-57-59-61-63-65-67-69-71-73-75-82(85)91-80(79-90-92(86,87)89-77-76-83(3,4)5)78-88-81(84)74-72-70-68-66-64-62-60-58-56-54-52-50-48-46-44-37-35-33-31-29-27-25-23-21-19-17-15-13-11-9-7-2/h8-11,14-17,20-23,26-29,32-35,38-39,41-42,45,47,80H,6-7,12-13,18-19,24-25,30-31,36-37,40,43-44,46,48-79H2,1-5H3/b10-8-,11-9-,16-14-,17-15-,22-20-,23-21-,28-26-,29-27-,34-32-,35-33-,39-38-,42-41-,47-45-. The van der Waals surface area contributed by atoms with Crippen molar-refractivity contribution in [1.82, 2.24) is 0 Å². The molecule has 0 heterocycles. The van der Waals surface area contributed by atoms with Crippen LogP contribution in [-0.4, -0.2) is 70.0 Å². The molecule has 524 valence electrons. The van der Waals surface area contributed by atoms with Gasteiger partial charge in [-0.05, 0) is 122 Å². The van der Waals surface area contributed by atoms with Crippen LogP contribution < -0.4 is 4.89 Å². The third kappa shape index (κ3) is 74.7. The summed E-state index contributed by atoms with van der Waals surface area (Å²) in [6.07, 6.45) is 106. The van der Waals surface area contributed by atoms with Crippen LogP contribution in [0.1, 0.15) is 296 Å². The van der Waals surface area contributed by atoms with Gasteiger partial charge in [0.2, 0.25) is 0 Å². The third-order valence-electron chi connectivity index (χ3n) is 15.5. The van der Waals surface area contributed by atoms with Crippen LogP contribution in [0.15, 0.2) is 158 Å². The van der Waals surface area contributed by atoms with Gasteiger partial charge >= 0.3 is 11.9 Å². The second kappa shape index (κ2) is 70.9. The van der Waals surface area contributed by atoms with Crippen molar-refractivity contribution in [2.75, 3.05) is 47.5 Å². The molecule has 0 bridgehead atoms. The molecule has 0 aromatic rings. The fourth-order valence-corrected chi connectivity index (χ4v) is 10.7. The fourth-order valence-electron chi connectivity index (χ4n) is 9.94. The first-order valence-electron chi connectivity index (χ1n) is 37.2. The van der Waals surface area contributed by atoms with E-state index in [0.717, 1.165) is 128 Å². The number of phosphoric ester groups is 1. The molecule has 0 fully saturated rings. The Morgan fingerprint density at radius 3 is 0.870 bits per heavy atom. The van der Waals surface area contributed by atoms with Crippen LogP contribution in [-0.2, 0) is 32.7 Å². The maximum atomic E-state index is 12.9. The van der Waals surface area contributed by atoms with Gasteiger partial charge in [0.1, 0.15) is 19.8 Å². The molecule has 2 atom stereocenters. The minimum atomic E-state index is -4.65. The van der Waals surface area contributed by atoms with Gasteiger partial charge in [-0.2, -0.15) is 0 Å². The van der Waals surface area contributed by atoms with Crippen LogP contribution in [0.5, 0.6) is 0 Å². The number of carbonyl (C=O) groups excluding carboxylic acids is 2. The average molecular weight is 1300 g/mol. The summed E-state index contributed by atoms with van der Waals surface area (Å²) >= 11 is 0. The molecule has 0 aliphatic rings. The van der Waals surface area contributed by atoms with E-state index in [4.69, 9.17) is 18.5 Å². The molecule has 0 aromatic carbocycles. The molecule has 0 radical (unpaired) electrons. The maximum Gasteiger partial charge on any atom is 0.306 e. The number of hydrogen-bond acceptors (Lipinski definition) is 8. The highest BCUT2D eigenvalue weighted by molar-refractivity contribution is 7.45. The average Bonchev–Trinajstić information content (AvgIpc) is 2.34. The van der Waals surface area contributed by atoms with Crippen LogP contribution in [0.2, 0.25) is 0 Å². The smallest absolute Gasteiger partial charge is 0.306 e. The maximum absolute atomic E-state index is 12.9. The van der Waals surface area contributed by atoms with E-state index in [0.29, 0.717) is 17.4 Å². The van der Waals surface area contributed by atoms with Crippen molar-refractivity contribution in [3.63, 3.8) is 0 Å². The molecule has 0 amide bonds. The number of phosphoric acid groups is 1. The minimum Gasteiger partial charge on any atom is -0.756 e. The van der Waals surface area contributed by atoms with Gasteiger partial charge in [-0.25, -0.2) is 0 Å². The van der Waals surface area contributed by atoms with Crippen LogP contribution in [0.4, 0.5) is 0 Å². The second-order valence-electron chi connectivity index (χ2n) is 25.5. The zero-order chi connectivity index (χ0) is 66.9. The van der Waals surface area contributed by atoms with Crippen molar-refractivity contribution >= 4 is 19.8 Å². The van der Waals surface area contributed by atoms with Crippen LogP contribution in [0.3, 0.4) is 0 Å². The fraction of sp³-hybridized carbons (Fsp3) is 0.659. The monoisotopic (exact) mass is 1300 g/mol. The lowest BCUT2D eigenvalue weighted by Gasteiger charge is -2.28. The first-order valence-corrected chi connectivity index (χ1v) is 38.7. The number of likely N-dealkylation sites (N-methyl/N-ethyl adjacent to an activating group) is 1. The van der Waals surface area contributed by atoms with E-state index in [2.05, 4.69) is 172 Å². The van der Waals surface area contributed by atoms with E-state index in [9.17, 15) is 19.0 Å². The number of rotatable bonds is 67. The molecule has 0 rings (SSSR count). The predicted molar refractivity (Wildman–Crippen MR) is 397 cm³/mol. The number of nitrogens with zero attached hydrogens (tertiary/aromatic N) is 1. The third-order valence-corrected chi connectivity index (χ3v) is 16.5. The lowest BCUT2D eigenvalue weighted by atomic mass is 10.0. The molecule has 92 heavy (non-hydrogen) atoms. The molecule has 2 unspecified atom stereocenters. The molecule has 0 aliphatic heterocycles. The molecule has 9 nitrogen and oxygen atoms in total. The van der Waals surface area contributed by atoms with Crippen molar-refractivity contribution in [2.24, 2.45) is 0 Å². The highest BCUT2D eigenvalue weighted by Gasteiger charge is 2.22. The summed E-state index contributed by atoms with van der Waals surface area (Å²) in [7, 11) is 1.16. The number of ether oxygens (including phenoxy) is 2. The van der Waals surface area contributed by atoms with Crippen LogP contribution in [0, 0.1) is 0 Å². The lowest BCUT2D eigenvalue weighted by molar-refractivity contribution is -0.870. The minimum absolute atomic E-state index is 0.0372. The number of hydrogen-bond donors (Lipinski definition) is 0. The van der Waals surface area contributed by atoms with E-state index in [1.807, 2.05) is 21.1 Å². The van der Waals surface area contributed by atoms with Crippen molar-refractivity contribution in [3.05, 3.63) is 158 Å². The Morgan fingerprint density at radius 2 is 0.587 bits per heavy atom. The van der Waals surface area contributed by atoms with Crippen molar-refractivity contribution in [2.45, 2.75) is 302 Å². The highest BCUT2D eigenvalue weighted by atomic mass is 31.2. The van der Waals surface area contributed by atoms with E-state index in [1.165, 1.54) is 135 Å². The first kappa shape index (κ1) is 87.6. The SMILES string of the molecule is CC/C=C\C/C=C\C/C=C\C/C=C\C/C=C\C/C=C\C/C=C\C/C=C\CCCCCCCCCCCCCCC(=O)OC(COC(=O)CCCCCCCCCCCCCCCCC/C=C\C/C=C\C/C=C\C/C=C\C/C=C\CC)COP(=O)([O-])OCC[N+](C)(C)C. The zero-order valence-electron chi connectivity index (χ0n) is 59.7. The summed E-state index contributed by atoms with van der Waals surface area (Å²) in [5, 5.41) is 0. The van der Waals surface area contributed by atoms with Crippen molar-refractivity contribution in [3.8, 4) is 0 Å². The normalized spacial score (nSPS) is 14.0. The lowest BCUT2D eigenvalue weighted by Crippen LogP contribution is -2.37. The summed E-state index contributed by atoms with van der Waals surface area (Å²) in [4.78, 5) is 38.1. The van der Waals surface area contributed by atoms with Gasteiger partial charge in [0.15, 0.2) is 6.10 Å². The van der Waals surface area contributed by atoms with Crippen LogP contribution in [0.25, 0.3) is 0 Å². The van der Waals surface area contributed by atoms with Gasteiger partial charge in [-0.3, -0.25) is 14.2 Å². The van der Waals surface area contributed by atoms with E-state index < -0.39 is 26.5 Å². The molecule has 0 N–H and O–H groups in total. The zero-order valence-corrected chi connectivity index (χ0v) is 60.6. The van der Waals surface area contributed by atoms with E-state index >= 15 is 0 Å². The summed E-state index contributed by atoms with van der Waals surface area (Å²) in [5.41, 5.74) is 0. The second-order valence-corrected chi connectivity index (χ2v) is 27.0. The molecule has 0 aliphatic carbocycles. The number of allylic oxidation sites excluding steroid dienone is 26. The van der Waals surface area contributed by atoms with Crippen molar-refractivity contribution in [1.29, 1.82) is 0 Å². The Kier molecular flexibility index (Phi) is 67.6. The summed E-state index contributed by atoms with van der Waals surface area (Å²) < 4.78 is 34.4. The first-order chi connectivity index (χ1) is 45.0. The number of quaternary nitrogens is 1.